The molecule has 1 aromatic heterocycles. The zero-order chi connectivity index (χ0) is 25.3. The van der Waals surface area contributed by atoms with Crippen molar-refractivity contribution < 1.29 is 9.18 Å². The number of nitrogens with one attached hydrogen (secondary N) is 3. The number of rotatable bonds is 4. The van der Waals surface area contributed by atoms with Gasteiger partial charge in [0.25, 0.3) is 5.91 Å². The molecule has 186 valence electrons. The van der Waals surface area contributed by atoms with E-state index in [1.54, 1.807) is 17.2 Å². The average molecular weight is 487 g/mol. The van der Waals surface area contributed by atoms with Crippen LogP contribution in [0.2, 0.25) is 0 Å². The molecule has 1 atom stereocenters. The Balaban J connectivity index is 1.31. The van der Waals surface area contributed by atoms with Gasteiger partial charge in [0.05, 0.1) is 11.1 Å². The molecule has 2 aromatic rings. The van der Waals surface area contributed by atoms with Gasteiger partial charge in [0.2, 0.25) is 0 Å². The summed E-state index contributed by atoms with van der Waals surface area (Å²) in [7, 11) is 0. The lowest BCUT2D eigenvalue weighted by Crippen LogP contribution is -2.48. The van der Waals surface area contributed by atoms with Crippen LogP contribution in [-0.4, -0.2) is 46.1 Å². The van der Waals surface area contributed by atoms with Gasteiger partial charge in [0.1, 0.15) is 23.3 Å². The number of carbonyl (C=O) groups excluding carboxylic acids is 1. The van der Waals surface area contributed by atoms with E-state index >= 15 is 4.39 Å². The fourth-order valence-electron chi connectivity index (χ4n) is 5.21. The van der Waals surface area contributed by atoms with Gasteiger partial charge < -0.3 is 15.1 Å². The van der Waals surface area contributed by atoms with Gasteiger partial charge in [-0.1, -0.05) is 24.3 Å². The first-order valence-corrected chi connectivity index (χ1v) is 12.4. The van der Waals surface area contributed by atoms with Gasteiger partial charge in [-0.05, 0) is 67.2 Å². The molecule has 1 fully saturated rings. The highest BCUT2D eigenvalue weighted by Gasteiger charge is 2.32. The summed E-state index contributed by atoms with van der Waals surface area (Å²) in [4.78, 5) is 21.6. The van der Waals surface area contributed by atoms with E-state index in [4.69, 9.17) is 10.8 Å². The number of amidine groups is 2. The fraction of sp³-hybridized carbons (Fsp3) is 0.357. The number of benzene rings is 1. The van der Waals surface area contributed by atoms with E-state index < -0.39 is 17.3 Å². The molecule has 3 N–H and O–H groups in total. The standard InChI is InChI=1S/C28H31FN6O/c1-28(11-6-7-20(17-28)26(31)35-13-5-3-8-24(35)30)33-27(36)22-15-21-18-34(25-9-2-4-12-32-25)14-10-19(21)16-23(22)29/h2,4,6-7,9,11-12,15-16,30-31H,3,5,8,10,13-14,17-18H2,1H3,(H,33,36). The van der Waals surface area contributed by atoms with Crippen molar-refractivity contribution in [1.82, 2.24) is 15.2 Å². The lowest BCUT2D eigenvalue weighted by atomic mass is 9.86. The van der Waals surface area contributed by atoms with E-state index in [0.717, 1.165) is 41.9 Å². The van der Waals surface area contributed by atoms with Crippen molar-refractivity contribution in [2.24, 2.45) is 0 Å². The van der Waals surface area contributed by atoms with Crippen molar-refractivity contribution in [3.05, 3.63) is 82.8 Å². The summed E-state index contributed by atoms with van der Waals surface area (Å²) in [6, 6.07) is 8.92. The van der Waals surface area contributed by atoms with E-state index in [1.807, 2.05) is 43.4 Å². The third kappa shape index (κ3) is 4.80. The van der Waals surface area contributed by atoms with Gasteiger partial charge in [-0.2, -0.15) is 0 Å². The maximum Gasteiger partial charge on any atom is 0.254 e. The van der Waals surface area contributed by atoms with Crippen molar-refractivity contribution in [2.75, 3.05) is 18.0 Å². The molecular formula is C28H31FN6O. The normalized spacial score (nSPS) is 21.6. The first-order chi connectivity index (χ1) is 17.3. The Labute approximate surface area is 210 Å². The molecule has 3 heterocycles. The van der Waals surface area contributed by atoms with Gasteiger partial charge in [0, 0.05) is 38.7 Å². The maximum absolute atomic E-state index is 15.0. The van der Waals surface area contributed by atoms with Gasteiger partial charge in [-0.15, -0.1) is 0 Å². The van der Waals surface area contributed by atoms with Crippen LogP contribution in [0.15, 0.2) is 60.3 Å². The Morgan fingerprint density at radius 2 is 2.03 bits per heavy atom. The maximum atomic E-state index is 15.0. The topological polar surface area (TPSA) is 96.2 Å². The number of allylic oxidation sites excluding steroid dienone is 2. The first-order valence-electron chi connectivity index (χ1n) is 12.4. The van der Waals surface area contributed by atoms with E-state index in [0.29, 0.717) is 44.0 Å². The van der Waals surface area contributed by atoms with Gasteiger partial charge in [0.15, 0.2) is 0 Å². The van der Waals surface area contributed by atoms with Crippen LogP contribution in [0.4, 0.5) is 10.2 Å². The van der Waals surface area contributed by atoms with Crippen LogP contribution in [0.3, 0.4) is 0 Å². The van der Waals surface area contributed by atoms with Gasteiger partial charge in [-0.25, -0.2) is 9.37 Å². The minimum atomic E-state index is -0.770. The summed E-state index contributed by atoms with van der Waals surface area (Å²) < 4.78 is 15.0. The number of halogens is 1. The Bertz CT molecular complexity index is 1270. The number of piperidine rings is 1. The zero-order valence-corrected chi connectivity index (χ0v) is 20.5. The van der Waals surface area contributed by atoms with Crippen molar-refractivity contribution in [2.45, 2.75) is 51.1 Å². The minimum absolute atomic E-state index is 0.0234. The molecule has 1 aromatic carbocycles. The number of hydrogen-bond donors (Lipinski definition) is 3. The highest BCUT2D eigenvalue weighted by atomic mass is 19.1. The predicted molar refractivity (Wildman–Crippen MR) is 139 cm³/mol. The number of nitrogens with zero attached hydrogens (tertiary/aromatic N) is 3. The molecule has 2 aliphatic heterocycles. The van der Waals surface area contributed by atoms with Crippen LogP contribution in [-0.2, 0) is 13.0 Å². The molecule has 3 aliphatic rings. The lowest BCUT2D eigenvalue weighted by Gasteiger charge is -2.35. The minimum Gasteiger partial charge on any atom is -0.352 e. The molecule has 1 saturated heterocycles. The van der Waals surface area contributed by atoms with Gasteiger partial charge >= 0.3 is 0 Å². The Kier molecular flexibility index (Phi) is 6.43. The van der Waals surface area contributed by atoms with Crippen molar-refractivity contribution in [3.8, 4) is 0 Å². The number of fused-ring (bicyclic) bond motifs is 1. The SMILES string of the molecule is CC1(NC(=O)c2cc3c(cc2F)CCN(c2ccccn2)C3)C=CC=C(C(=N)N2CCCCC2=N)C1. The molecule has 1 unspecified atom stereocenters. The quantitative estimate of drug-likeness (QED) is 0.435. The largest absolute Gasteiger partial charge is 0.352 e. The molecule has 0 radical (unpaired) electrons. The van der Waals surface area contributed by atoms with Gasteiger partial charge in [-0.3, -0.25) is 15.6 Å². The number of carbonyl (C=O) groups is 1. The summed E-state index contributed by atoms with van der Waals surface area (Å²) >= 11 is 0. The zero-order valence-electron chi connectivity index (χ0n) is 20.5. The fourth-order valence-corrected chi connectivity index (χ4v) is 5.21. The third-order valence-electron chi connectivity index (χ3n) is 7.18. The second-order valence-electron chi connectivity index (χ2n) is 9.96. The van der Waals surface area contributed by atoms with Crippen LogP contribution in [0.5, 0.6) is 0 Å². The van der Waals surface area contributed by atoms with Crippen molar-refractivity contribution in [1.29, 1.82) is 10.8 Å². The highest BCUT2D eigenvalue weighted by molar-refractivity contribution is 6.07. The van der Waals surface area contributed by atoms with Crippen molar-refractivity contribution >= 4 is 23.4 Å². The van der Waals surface area contributed by atoms with Crippen LogP contribution >= 0.6 is 0 Å². The summed E-state index contributed by atoms with van der Waals surface area (Å²) in [5.41, 5.74) is 1.85. The summed E-state index contributed by atoms with van der Waals surface area (Å²) in [6.07, 6.45) is 11.0. The van der Waals surface area contributed by atoms with E-state index in [2.05, 4.69) is 15.2 Å². The highest BCUT2D eigenvalue weighted by Crippen LogP contribution is 2.29. The number of hydrogen-bond acceptors (Lipinski definition) is 5. The lowest BCUT2D eigenvalue weighted by molar-refractivity contribution is 0.0918. The number of anilines is 1. The molecule has 5 rings (SSSR count). The van der Waals surface area contributed by atoms with E-state index in [1.165, 1.54) is 6.07 Å². The number of amides is 1. The van der Waals surface area contributed by atoms with Crippen LogP contribution in [0.1, 0.15) is 54.1 Å². The Morgan fingerprint density at radius 1 is 1.17 bits per heavy atom. The van der Waals surface area contributed by atoms with Crippen LogP contribution in [0.25, 0.3) is 0 Å². The summed E-state index contributed by atoms with van der Waals surface area (Å²) in [5, 5.41) is 19.9. The molecule has 1 amide bonds. The Hall–Kier alpha value is -3.81. The second kappa shape index (κ2) is 9.68. The number of pyridine rings is 1. The monoisotopic (exact) mass is 486 g/mol. The first kappa shape index (κ1) is 23.9. The summed E-state index contributed by atoms with van der Waals surface area (Å²) in [6.45, 7) is 3.85. The molecule has 36 heavy (non-hydrogen) atoms. The van der Waals surface area contributed by atoms with Crippen molar-refractivity contribution in [3.63, 3.8) is 0 Å². The molecule has 0 saturated carbocycles. The van der Waals surface area contributed by atoms with E-state index in [-0.39, 0.29) is 5.56 Å². The molecule has 7 nitrogen and oxygen atoms in total. The van der Waals surface area contributed by atoms with Crippen LogP contribution < -0.4 is 10.2 Å². The molecular weight excluding hydrogens is 455 g/mol. The molecule has 0 bridgehead atoms. The average Bonchev–Trinajstić information content (AvgIpc) is 2.88. The smallest absolute Gasteiger partial charge is 0.254 e. The second-order valence-corrected chi connectivity index (χ2v) is 9.96. The molecule has 1 aliphatic carbocycles. The summed E-state index contributed by atoms with van der Waals surface area (Å²) in [5.74, 6) is 0.631. The Morgan fingerprint density at radius 3 is 2.81 bits per heavy atom. The molecule has 0 spiro atoms. The van der Waals surface area contributed by atoms with E-state index in [9.17, 15) is 4.79 Å². The number of aromatic nitrogens is 1. The third-order valence-corrected chi connectivity index (χ3v) is 7.18. The van der Waals surface area contributed by atoms with Crippen LogP contribution in [0, 0.1) is 16.6 Å². The predicted octanol–water partition coefficient (Wildman–Crippen LogP) is 4.60. The molecule has 8 heteroatoms. The number of likely N-dealkylation sites (tertiary alicyclic amines) is 1.